The van der Waals surface area contributed by atoms with E-state index in [9.17, 15) is 20.4 Å². The fourth-order valence-corrected chi connectivity index (χ4v) is 5.42. The number of methoxy groups -OCH3 is 2. The Kier molecular flexibility index (Phi) is 6.76. The van der Waals surface area contributed by atoms with Crippen molar-refractivity contribution >= 4 is 33.0 Å². The minimum atomic E-state index is -1.78. The molecule has 2 aromatic carbocycles. The Balaban J connectivity index is 1.72. The largest absolute Gasteiger partial charge is 0.496 e. The number of hydrogen-bond acceptors (Lipinski definition) is 8. The normalized spacial score (nSPS) is 28.2. The van der Waals surface area contributed by atoms with E-state index in [1.54, 1.807) is 36.6 Å². The van der Waals surface area contributed by atoms with Gasteiger partial charge < -0.3 is 34.6 Å². The zero-order valence-electron chi connectivity index (χ0n) is 17.6. The summed E-state index contributed by atoms with van der Waals surface area (Å²) in [5, 5.41) is 42.3. The van der Waals surface area contributed by atoms with E-state index in [-0.39, 0.29) is 0 Å². The van der Waals surface area contributed by atoms with E-state index in [0.29, 0.717) is 17.0 Å². The Labute approximate surface area is 194 Å². The van der Waals surface area contributed by atoms with Crippen LogP contribution < -0.4 is 4.74 Å². The number of benzene rings is 2. The van der Waals surface area contributed by atoms with Crippen molar-refractivity contribution in [3.05, 3.63) is 63.5 Å². The predicted octanol–water partition coefficient (Wildman–Crippen LogP) is 2.43. The van der Waals surface area contributed by atoms with E-state index in [0.717, 1.165) is 26.3 Å². The molecule has 0 amide bonds. The molecule has 3 aromatic rings. The van der Waals surface area contributed by atoms with Crippen LogP contribution in [-0.4, -0.2) is 65.7 Å². The van der Waals surface area contributed by atoms with Crippen molar-refractivity contribution < 1.29 is 34.6 Å². The fourth-order valence-electron chi connectivity index (χ4n) is 4.13. The third-order valence-corrected chi connectivity index (χ3v) is 7.33. The van der Waals surface area contributed by atoms with Gasteiger partial charge in [-0.05, 0) is 35.9 Å². The Morgan fingerprint density at radius 3 is 2.56 bits per heavy atom. The van der Waals surface area contributed by atoms with Gasteiger partial charge in [-0.2, -0.15) is 0 Å². The van der Waals surface area contributed by atoms with Gasteiger partial charge in [-0.3, -0.25) is 0 Å². The lowest BCUT2D eigenvalue weighted by atomic mass is 9.87. The van der Waals surface area contributed by atoms with Gasteiger partial charge in [0.05, 0.1) is 13.7 Å². The van der Waals surface area contributed by atoms with Crippen molar-refractivity contribution in [1.82, 2.24) is 0 Å². The van der Waals surface area contributed by atoms with Crippen molar-refractivity contribution in [3.8, 4) is 5.75 Å². The van der Waals surface area contributed by atoms with Gasteiger partial charge in [-0.1, -0.05) is 23.7 Å². The van der Waals surface area contributed by atoms with Crippen LogP contribution in [0.25, 0.3) is 10.1 Å². The molecule has 9 heteroatoms. The van der Waals surface area contributed by atoms with Gasteiger partial charge >= 0.3 is 0 Å². The molecule has 0 aliphatic carbocycles. The van der Waals surface area contributed by atoms with Crippen molar-refractivity contribution in [2.75, 3.05) is 20.8 Å². The quantitative estimate of drug-likeness (QED) is 0.429. The molecule has 1 aliphatic heterocycles. The summed E-state index contributed by atoms with van der Waals surface area (Å²) >= 11 is 8.11. The zero-order valence-corrected chi connectivity index (χ0v) is 19.1. The maximum absolute atomic E-state index is 10.7. The topological polar surface area (TPSA) is 109 Å². The minimum absolute atomic E-state index is 0.412. The first kappa shape index (κ1) is 23.4. The summed E-state index contributed by atoms with van der Waals surface area (Å²) in [4.78, 5) is 1.06. The molecule has 0 saturated carbocycles. The van der Waals surface area contributed by atoms with Gasteiger partial charge in [0, 0.05) is 39.1 Å². The van der Waals surface area contributed by atoms with E-state index in [1.807, 2.05) is 18.2 Å². The second-order valence-electron chi connectivity index (χ2n) is 7.70. The van der Waals surface area contributed by atoms with E-state index in [2.05, 4.69) is 6.07 Å². The summed E-state index contributed by atoms with van der Waals surface area (Å²) in [5.74, 6) is -0.987. The van der Waals surface area contributed by atoms with Gasteiger partial charge in [0.1, 0.15) is 30.2 Å². The van der Waals surface area contributed by atoms with Gasteiger partial charge in [0.15, 0.2) is 0 Å². The molecule has 2 unspecified atom stereocenters. The molecule has 5 atom stereocenters. The molecule has 32 heavy (non-hydrogen) atoms. The molecule has 172 valence electrons. The second-order valence-corrected chi connectivity index (χ2v) is 9.28. The van der Waals surface area contributed by atoms with Crippen molar-refractivity contribution in [3.63, 3.8) is 0 Å². The molecule has 1 aromatic heterocycles. The molecule has 0 bridgehead atoms. The molecule has 2 heterocycles. The third-order valence-electron chi connectivity index (χ3n) is 5.86. The van der Waals surface area contributed by atoms with Crippen LogP contribution in [0.1, 0.15) is 16.0 Å². The molecule has 0 spiro atoms. The SMILES string of the molecule is COc1cccc2sc(Cc3cc([C@]4(OC)OC(CO)[C@@H](O)C(O)[C@H]4O)ccc3Cl)cc12. The Morgan fingerprint density at radius 1 is 1.09 bits per heavy atom. The summed E-state index contributed by atoms with van der Waals surface area (Å²) in [6, 6.07) is 13.0. The molecular weight excluding hydrogens is 456 g/mol. The summed E-state index contributed by atoms with van der Waals surface area (Å²) in [6.07, 6.45) is -5.25. The Bertz CT molecular complexity index is 1100. The lowest BCUT2D eigenvalue weighted by molar-refractivity contribution is -0.366. The van der Waals surface area contributed by atoms with Crippen LogP contribution in [0.15, 0.2) is 42.5 Å². The standard InChI is InChI=1S/C23H25ClO7S/c1-29-17-4-3-5-19-15(17)10-14(32-19)9-12-8-13(6-7-16(12)24)23(30-2)22(28)21(27)20(26)18(11-25)31-23/h3-8,10,18,20-22,25-28H,9,11H2,1-2H3/t18?,20-,21?,22-,23+/m1/s1. The van der Waals surface area contributed by atoms with Crippen LogP contribution >= 0.6 is 22.9 Å². The van der Waals surface area contributed by atoms with Crippen LogP contribution in [0, 0.1) is 0 Å². The first-order valence-corrected chi connectivity index (χ1v) is 11.3. The summed E-state index contributed by atoms with van der Waals surface area (Å²) < 4.78 is 17.9. The number of fused-ring (bicyclic) bond motifs is 1. The van der Waals surface area contributed by atoms with Crippen LogP contribution in [0.4, 0.5) is 0 Å². The van der Waals surface area contributed by atoms with Crippen LogP contribution in [-0.2, 0) is 21.7 Å². The summed E-state index contributed by atoms with van der Waals surface area (Å²) in [6.45, 7) is -0.555. The highest BCUT2D eigenvalue weighted by atomic mass is 35.5. The smallest absolute Gasteiger partial charge is 0.224 e. The highest BCUT2D eigenvalue weighted by Crippen LogP contribution is 2.41. The zero-order chi connectivity index (χ0) is 23.0. The lowest BCUT2D eigenvalue weighted by Gasteiger charge is -2.47. The number of hydrogen-bond donors (Lipinski definition) is 4. The van der Waals surface area contributed by atoms with Crippen molar-refractivity contribution in [2.24, 2.45) is 0 Å². The maximum atomic E-state index is 10.7. The number of thiophene rings is 1. The monoisotopic (exact) mass is 480 g/mol. The number of halogens is 1. The van der Waals surface area contributed by atoms with E-state index >= 15 is 0 Å². The van der Waals surface area contributed by atoms with Crippen LogP contribution in [0.5, 0.6) is 5.75 Å². The minimum Gasteiger partial charge on any atom is -0.496 e. The highest BCUT2D eigenvalue weighted by molar-refractivity contribution is 7.19. The molecule has 0 radical (unpaired) electrons. The van der Waals surface area contributed by atoms with E-state index in [1.165, 1.54) is 7.11 Å². The molecule has 7 nitrogen and oxygen atoms in total. The van der Waals surface area contributed by atoms with Crippen molar-refractivity contribution in [1.29, 1.82) is 0 Å². The summed E-state index contributed by atoms with van der Waals surface area (Å²) in [7, 11) is 2.96. The average Bonchev–Trinajstić information content (AvgIpc) is 3.22. The Morgan fingerprint density at radius 2 is 1.88 bits per heavy atom. The maximum Gasteiger partial charge on any atom is 0.224 e. The van der Waals surface area contributed by atoms with Crippen molar-refractivity contribution in [2.45, 2.75) is 36.6 Å². The number of ether oxygens (including phenoxy) is 3. The van der Waals surface area contributed by atoms with Gasteiger partial charge in [-0.15, -0.1) is 11.3 Å². The molecular formula is C23H25ClO7S. The number of rotatable bonds is 6. The first-order chi connectivity index (χ1) is 15.3. The second kappa shape index (κ2) is 9.24. The Hall–Kier alpha value is -1.75. The van der Waals surface area contributed by atoms with Crippen LogP contribution in [0.3, 0.4) is 0 Å². The van der Waals surface area contributed by atoms with Crippen LogP contribution in [0.2, 0.25) is 5.02 Å². The number of aliphatic hydroxyl groups excluding tert-OH is 4. The van der Waals surface area contributed by atoms with E-state index in [4.69, 9.17) is 25.8 Å². The molecule has 1 fully saturated rings. The first-order valence-electron chi connectivity index (χ1n) is 10.1. The fraction of sp³-hybridized carbons (Fsp3) is 0.391. The third kappa shape index (κ3) is 3.91. The molecule has 1 saturated heterocycles. The lowest BCUT2D eigenvalue weighted by Crippen LogP contribution is -2.64. The highest BCUT2D eigenvalue weighted by Gasteiger charge is 2.55. The van der Waals surface area contributed by atoms with Gasteiger partial charge in [-0.25, -0.2) is 0 Å². The molecule has 1 aliphatic rings. The van der Waals surface area contributed by atoms with Gasteiger partial charge in [0.25, 0.3) is 0 Å². The van der Waals surface area contributed by atoms with E-state index < -0.39 is 36.8 Å². The van der Waals surface area contributed by atoms with Gasteiger partial charge in [0.2, 0.25) is 5.79 Å². The molecule has 4 N–H and O–H groups in total. The summed E-state index contributed by atoms with van der Waals surface area (Å²) in [5.41, 5.74) is 1.18. The molecule has 4 rings (SSSR count). The average molecular weight is 481 g/mol. The predicted molar refractivity (Wildman–Crippen MR) is 121 cm³/mol. The number of aliphatic hydroxyl groups is 4.